The van der Waals surface area contributed by atoms with Crippen molar-refractivity contribution in [3.8, 4) is 5.88 Å². The second-order valence-electron chi connectivity index (χ2n) is 1.76. The van der Waals surface area contributed by atoms with Crippen molar-refractivity contribution < 1.29 is 4.74 Å². The van der Waals surface area contributed by atoms with Crippen molar-refractivity contribution in [1.29, 1.82) is 0 Å². The molecule has 0 aliphatic carbocycles. The summed E-state index contributed by atoms with van der Waals surface area (Å²) >= 11 is 5.69. The van der Waals surface area contributed by atoms with Crippen LogP contribution in [0.5, 0.6) is 5.88 Å². The minimum Gasteiger partial charge on any atom is -0.482 e. The van der Waals surface area contributed by atoms with Crippen molar-refractivity contribution in [1.82, 2.24) is 4.57 Å². The summed E-state index contributed by atoms with van der Waals surface area (Å²) in [5.74, 6) is 0.778. The van der Waals surface area contributed by atoms with Crippen LogP contribution in [0, 0.1) is 0 Å². The number of hydrogen-bond donors (Lipinski definition) is 0. The van der Waals surface area contributed by atoms with E-state index in [1.54, 1.807) is 17.7 Å². The fourth-order valence-electron chi connectivity index (χ4n) is 0.674. The maximum absolute atomic E-state index is 5.69. The Morgan fingerprint density at radius 1 is 1.56 bits per heavy atom. The van der Waals surface area contributed by atoms with E-state index in [1.807, 2.05) is 13.1 Å². The second kappa shape index (κ2) is 2.31. The number of methoxy groups -OCH3 is 1. The van der Waals surface area contributed by atoms with Crippen LogP contribution in [0.4, 0.5) is 0 Å². The van der Waals surface area contributed by atoms with Gasteiger partial charge in [-0.3, -0.25) is 0 Å². The monoisotopic (exact) mass is 145 g/mol. The van der Waals surface area contributed by atoms with Gasteiger partial charge in [0.05, 0.1) is 7.11 Å². The first-order valence-corrected chi connectivity index (χ1v) is 2.98. The van der Waals surface area contributed by atoms with Gasteiger partial charge in [-0.15, -0.1) is 0 Å². The molecule has 1 heterocycles. The van der Waals surface area contributed by atoms with Gasteiger partial charge in [0, 0.05) is 13.1 Å². The minimum atomic E-state index is 0.687. The molecule has 0 amide bonds. The number of ether oxygens (including phenoxy) is 1. The molecule has 1 aromatic heterocycles. The molecule has 0 atom stereocenters. The molecule has 0 saturated carbocycles. The third kappa shape index (κ3) is 1.03. The molecule has 0 fully saturated rings. The van der Waals surface area contributed by atoms with Crippen molar-refractivity contribution >= 4 is 11.6 Å². The zero-order valence-electron chi connectivity index (χ0n) is 5.39. The van der Waals surface area contributed by atoms with Crippen LogP contribution < -0.4 is 4.74 Å². The fraction of sp³-hybridized carbons (Fsp3) is 0.333. The van der Waals surface area contributed by atoms with Crippen LogP contribution in [-0.2, 0) is 7.05 Å². The maximum Gasteiger partial charge on any atom is 0.194 e. The molecule has 0 aromatic carbocycles. The molecule has 2 nitrogen and oxygen atoms in total. The quantitative estimate of drug-likeness (QED) is 0.587. The molecule has 0 spiro atoms. The standard InChI is InChI=1S/C6H8ClNO/c1-8-5(7)3-4-6(8)9-2/h3-4H,1-2H3. The lowest BCUT2D eigenvalue weighted by atomic mass is 10.6. The summed E-state index contributed by atoms with van der Waals surface area (Å²) in [6.45, 7) is 0. The largest absolute Gasteiger partial charge is 0.482 e. The summed E-state index contributed by atoms with van der Waals surface area (Å²) in [7, 11) is 3.47. The van der Waals surface area contributed by atoms with E-state index in [2.05, 4.69) is 0 Å². The lowest BCUT2D eigenvalue weighted by Crippen LogP contribution is -1.91. The van der Waals surface area contributed by atoms with Crippen LogP contribution in [0.2, 0.25) is 5.15 Å². The lowest BCUT2D eigenvalue weighted by Gasteiger charge is -1.99. The van der Waals surface area contributed by atoms with E-state index in [1.165, 1.54) is 0 Å². The molecule has 1 rings (SSSR count). The number of rotatable bonds is 1. The van der Waals surface area contributed by atoms with Crippen LogP contribution in [0.1, 0.15) is 0 Å². The first-order chi connectivity index (χ1) is 4.25. The molecule has 0 radical (unpaired) electrons. The van der Waals surface area contributed by atoms with Gasteiger partial charge in [0.1, 0.15) is 5.15 Å². The van der Waals surface area contributed by atoms with Gasteiger partial charge >= 0.3 is 0 Å². The van der Waals surface area contributed by atoms with Crippen LogP contribution in [0.3, 0.4) is 0 Å². The third-order valence-corrected chi connectivity index (χ3v) is 1.60. The summed E-state index contributed by atoms with van der Waals surface area (Å²) in [6, 6.07) is 3.61. The molecule has 1 aromatic rings. The third-order valence-electron chi connectivity index (χ3n) is 1.22. The Labute approximate surface area is 59.0 Å². The molecule has 9 heavy (non-hydrogen) atoms. The highest BCUT2D eigenvalue weighted by atomic mass is 35.5. The van der Waals surface area contributed by atoms with Gasteiger partial charge in [-0.2, -0.15) is 0 Å². The lowest BCUT2D eigenvalue weighted by molar-refractivity contribution is 0.382. The number of halogens is 1. The maximum atomic E-state index is 5.69. The molecule has 3 heteroatoms. The van der Waals surface area contributed by atoms with Crippen LogP contribution >= 0.6 is 11.6 Å². The van der Waals surface area contributed by atoms with E-state index in [9.17, 15) is 0 Å². The average Bonchev–Trinajstić information content (AvgIpc) is 2.15. The number of aromatic nitrogens is 1. The van der Waals surface area contributed by atoms with Crippen molar-refractivity contribution in [3.63, 3.8) is 0 Å². The van der Waals surface area contributed by atoms with Gasteiger partial charge in [-0.25, -0.2) is 0 Å². The second-order valence-corrected chi connectivity index (χ2v) is 2.14. The van der Waals surface area contributed by atoms with Gasteiger partial charge in [-0.1, -0.05) is 11.6 Å². The molecule has 0 aliphatic heterocycles. The SMILES string of the molecule is COc1ccc(Cl)n1C. The molecule has 0 saturated heterocycles. The summed E-state index contributed by atoms with van der Waals surface area (Å²) in [4.78, 5) is 0. The Morgan fingerprint density at radius 2 is 2.22 bits per heavy atom. The predicted octanol–water partition coefficient (Wildman–Crippen LogP) is 1.69. The smallest absolute Gasteiger partial charge is 0.194 e. The van der Waals surface area contributed by atoms with Gasteiger partial charge in [-0.05, 0) is 6.07 Å². The van der Waals surface area contributed by atoms with E-state index < -0.39 is 0 Å². The van der Waals surface area contributed by atoms with E-state index in [0.717, 1.165) is 5.88 Å². The van der Waals surface area contributed by atoms with Crippen LogP contribution in [0.25, 0.3) is 0 Å². The first kappa shape index (κ1) is 6.49. The summed E-state index contributed by atoms with van der Waals surface area (Å²) in [5.41, 5.74) is 0. The van der Waals surface area contributed by atoms with E-state index in [-0.39, 0.29) is 0 Å². The summed E-state index contributed by atoms with van der Waals surface area (Å²) < 4.78 is 6.71. The highest BCUT2D eigenvalue weighted by Gasteiger charge is 1.98. The molecule has 0 bridgehead atoms. The Kier molecular flexibility index (Phi) is 1.67. The molecule has 0 unspecified atom stereocenters. The van der Waals surface area contributed by atoms with E-state index in [0.29, 0.717) is 5.15 Å². The van der Waals surface area contributed by atoms with Crippen molar-refractivity contribution in [2.75, 3.05) is 7.11 Å². The van der Waals surface area contributed by atoms with Crippen molar-refractivity contribution in [3.05, 3.63) is 17.3 Å². The average molecular weight is 146 g/mol. The van der Waals surface area contributed by atoms with Gasteiger partial charge in [0.25, 0.3) is 0 Å². The number of nitrogens with zero attached hydrogens (tertiary/aromatic N) is 1. The Bertz CT molecular complexity index is 207. The highest BCUT2D eigenvalue weighted by Crippen LogP contribution is 2.17. The van der Waals surface area contributed by atoms with E-state index >= 15 is 0 Å². The van der Waals surface area contributed by atoms with Gasteiger partial charge in [0.15, 0.2) is 5.88 Å². The Hall–Kier alpha value is -0.630. The zero-order chi connectivity index (χ0) is 6.85. The van der Waals surface area contributed by atoms with Gasteiger partial charge < -0.3 is 9.30 Å². The topological polar surface area (TPSA) is 14.2 Å². The first-order valence-electron chi connectivity index (χ1n) is 2.61. The van der Waals surface area contributed by atoms with Crippen LogP contribution in [0.15, 0.2) is 12.1 Å². The zero-order valence-corrected chi connectivity index (χ0v) is 6.14. The van der Waals surface area contributed by atoms with Gasteiger partial charge in [0.2, 0.25) is 0 Å². The number of hydrogen-bond acceptors (Lipinski definition) is 1. The van der Waals surface area contributed by atoms with Crippen molar-refractivity contribution in [2.45, 2.75) is 0 Å². The summed E-state index contributed by atoms with van der Waals surface area (Å²) in [6.07, 6.45) is 0. The van der Waals surface area contributed by atoms with E-state index in [4.69, 9.17) is 16.3 Å². The molecular formula is C6H8ClNO. The molecule has 0 N–H and O–H groups in total. The Balaban J connectivity index is 3.04. The Morgan fingerprint density at radius 3 is 2.44 bits per heavy atom. The normalized spacial score (nSPS) is 9.67. The summed E-state index contributed by atoms with van der Waals surface area (Å²) in [5, 5.41) is 0.687. The van der Waals surface area contributed by atoms with Crippen LogP contribution in [-0.4, -0.2) is 11.7 Å². The molecule has 50 valence electrons. The van der Waals surface area contributed by atoms with Crippen molar-refractivity contribution in [2.24, 2.45) is 7.05 Å². The molecule has 0 aliphatic rings. The predicted molar refractivity (Wildman–Crippen MR) is 37.0 cm³/mol. The minimum absolute atomic E-state index is 0.687. The molecular weight excluding hydrogens is 138 g/mol. The highest BCUT2D eigenvalue weighted by molar-refractivity contribution is 6.29. The fourth-order valence-corrected chi connectivity index (χ4v) is 0.820.